The predicted octanol–water partition coefficient (Wildman–Crippen LogP) is -1.35. The van der Waals surface area contributed by atoms with Gasteiger partial charge in [-0.15, -0.1) is 0 Å². The molecule has 3 unspecified atom stereocenters. The number of likely N-dealkylation sites (N-methyl/N-ethyl adjacent to an activating group) is 1. The average molecular weight is 264 g/mol. The van der Waals surface area contributed by atoms with Gasteiger partial charge >= 0.3 is 0 Å². The zero-order valence-electron chi connectivity index (χ0n) is 10.6. The Balaban J connectivity index is 2.01. The molecule has 0 spiro atoms. The summed E-state index contributed by atoms with van der Waals surface area (Å²) in [5, 5.41) is 19.3. The minimum absolute atomic E-state index is 0.179. The molecule has 1 aliphatic carbocycles. The van der Waals surface area contributed by atoms with Crippen molar-refractivity contribution in [1.29, 1.82) is 0 Å². The molecule has 0 saturated carbocycles. The highest BCUT2D eigenvalue weighted by molar-refractivity contribution is 5.98. The van der Waals surface area contributed by atoms with Crippen LogP contribution >= 0.6 is 0 Å². The zero-order valence-corrected chi connectivity index (χ0v) is 10.6. The molecular formula is C13H16N2O4. The molecule has 6 heteroatoms. The SMILES string of the molecule is CN1C(=O)C2CC3=CC=C[C@H](O)C3N2C(=O)C1CO. The number of hydrogen-bond donors (Lipinski definition) is 2. The van der Waals surface area contributed by atoms with Gasteiger partial charge in [0.2, 0.25) is 11.8 Å². The van der Waals surface area contributed by atoms with Gasteiger partial charge in [0.15, 0.2) is 0 Å². The molecule has 0 aromatic carbocycles. The number of aliphatic hydroxyl groups is 2. The van der Waals surface area contributed by atoms with Crippen LogP contribution in [-0.2, 0) is 9.59 Å². The van der Waals surface area contributed by atoms with E-state index in [9.17, 15) is 19.8 Å². The lowest BCUT2D eigenvalue weighted by atomic mass is 9.97. The lowest BCUT2D eigenvalue weighted by Crippen LogP contribution is -2.65. The first-order valence-corrected chi connectivity index (χ1v) is 6.31. The third kappa shape index (κ3) is 1.56. The molecule has 6 nitrogen and oxygen atoms in total. The standard InChI is InChI=1S/C13H16N2O4/c1-14-9(6-16)13(19)15-8(12(14)18)5-7-3-2-4-10(17)11(7)15/h2-4,8-11,16-17H,5-6H2,1H3/t8?,9?,10-,11?/m0/s1. The van der Waals surface area contributed by atoms with Crippen LogP contribution in [0.15, 0.2) is 23.8 Å². The molecule has 0 aromatic heterocycles. The number of aliphatic hydroxyl groups excluding tert-OH is 2. The summed E-state index contributed by atoms with van der Waals surface area (Å²) >= 11 is 0. The van der Waals surface area contributed by atoms with Gasteiger partial charge in [-0.05, 0) is 5.57 Å². The summed E-state index contributed by atoms with van der Waals surface area (Å²) in [5.41, 5.74) is 0.897. The first-order valence-electron chi connectivity index (χ1n) is 6.31. The van der Waals surface area contributed by atoms with Crippen molar-refractivity contribution in [2.75, 3.05) is 13.7 Å². The summed E-state index contributed by atoms with van der Waals surface area (Å²) in [4.78, 5) is 27.4. The number of allylic oxidation sites excluding steroid dienone is 2. The normalized spacial score (nSPS) is 37.3. The number of hydrogen-bond acceptors (Lipinski definition) is 4. The Kier molecular flexibility index (Phi) is 2.72. The number of nitrogens with zero attached hydrogens (tertiary/aromatic N) is 2. The van der Waals surface area contributed by atoms with Crippen LogP contribution in [0.1, 0.15) is 6.42 Å². The van der Waals surface area contributed by atoms with Crippen LogP contribution < -0.4 is 0 Å². The Morgan fingerprint density at radius 1 is 1.37 bits per heavy atom. The maximum atomic E-state index is 12.4. The first kappa shape index (κ1) is 12.4. The van der Waals surface area contributed by atoms with E-state index >= 15 is 0 Å². The van der Waals surface area contributed by atoms with Crippen molar-refractivity contribution in [3.05, 3.63) is 23.8 Å². The van der Waals surface area contributed by atoms with Gasteiger partial charge < -0.3 is 20.0 Å². The highest BCUT2D eigenvalue weighted by atomic mass is 16.3. The maximum Gasteiger partial charge on any atom is 0.249 e. The van der Waals surface area contributed by atoms with Crippen LogP contribution in [0.5, 0.6) is 0 Å². The van der Waals surface area contributed by atoms with E-state index in [0.29, 0.717) is 6.42 Å². The smallest absolute Gasteiger partial charge is 0.249 e. The van der Waals surface area contributed by atoms with Gasteiger partial charge in [-0.2, -0.15) is 0 Å². The molecule has 19 heavy (non-hydrogen) atoms. The third-order valence-corrected chi connectivity index (χ3v) is 4.20. The fourth-order valence-electron chi connectivity index (χ4n) is 3.19. The Bertz CT molecular complexity index is 499. The fourth-order valence-corrected chi connectivity index (χ4v) is 3.19. The fraction of sp³-hybridized carbons (Fsp3) is 0.538. The Labute approximate surface area is 110 Å². The largest absolute Gasteiger partial charge is 0.394 e. The summed E-state index contributed by atoms with van der Waals surface area (Å²) in [6.07, 6.45) is 4.88. The molecule has 0 radical (unpaired) electrons. The van der Waals surface area contributed by atoms with E-state index in [1.54, 1.807) is 12.2 Å². The first-order chi connectivity index (χ1) is 9.06. The number of fused-ring (bicyclic) bond motifs is 3. The molecule has 102 valence electrons. The Hall–Kier alpha value is -1.66. The van der Waals surface area contributed by atoms with E-state index in [-0.39, 0.29) is 11.8 Å². The molecule has 2 N–H and O–H groups in total. The molecule has 0 aromatic rings. The molecule has 2 saturated heterocycles. The van der Waals surface area contributed by atoms with Crippen LogP contribution in [0, 0.1) is 0 Å². The highest BCUT2D eigenvalue weighted by Gasteiger charge is 2.53. The molecule has 3 rings (SSSR count). The van der Waals surface area contributed by atoms with Gasteiger partial charge in [0, 0.05) is 13.5 Å². The van der Waals surface area contributed by atoms with Crippen molar-refractivity contribution in [2.45, 2.75) is 30.7 Å². The second-order valence-electron chi connectivity index (χ2n) is 5.17. The molecular weight excluding hydrogens is 248 g/mol. The Morgan fingerprint density at radius 2 is 2.11 bits per heavy atom. The quantitative estimate of drug-likeness (QED) is 0.613. The van der Waals surface area contributed by atoms with E-state index in [4.69, 9.17) is 0 Å². The van der Waals surface area contributed by atoms with E-state index in [1.807, 2.05) is 6.08 Å². The molecule has 0 bridgehead atoms. The molecule has 2 aliphatic heterocycles. The van der Waals surface area contributed by atoms with Crippen molar-refractivity contribution < 1.29 is 19.8 Å². The minimum Gasteiger partial charge on any atom is -0.394 e. The van der Waals surface area contributed by atoms with Crippen LogP contribution in [0.4, 0.5) is 0 Å². The lowest BCUT2D eigenvalue weighted by molar-refractivity contribution is -0.162. The van der Waals surface area contributed by atoms with Crippen LogP contribution in [0.25, 0.3) is 0 Å². The van der Waals surface area contributed by atoms with Gasteiger partial charge in [0.05, 0.1) is 18.8 Å². The van der Waals surface area contributed by atoms with Gasteiger partial charge in [0.25, 0.3) is 0 Å². The van der Waals surface area contributed by atoms with Crippen LogP contribution in [0.3, 0.4) is 0 Å². The highest BCUT2D eigenvalue weighted by Crippen LogP contribution is 2.37. The van der Waals surface area contributed by atoms with E-state index in [0.717, 1.165) is 5.57 Å². The summed E-state index contributed by atoms with van der Waals surface area (Å²) in [5.74, 6) is -0.474. The van der Waals surface area contributed by atoms with Crippen molar-refractivity contribution in [2.24, 2.45) is 0 Å². The Morgan fingerprint density at radius 3 is 2.79 bits per heavy atom. The molecule has 4 atom stereocenters. The molecule has 3 aliphatic rings. The van der Waals surface area contributed by atoms with Crippen molar-refractivity contribution in [1.82, 2.24) is 9.80 Å². The monoisotopic (exact) mass is 264 g/mol. The number of carbonyl (C=O) groups is 2. The summed E-state index contributed by atoms with van der Waals surface area (Å²) in [7, 11) is 1.53. The zero-order chi connectivity index (χ0) is 13.7. The van der Waals surface area contributed by atoms with E-state index in [2.05, 4.69) is 0 Å². The minimum atomic E-state index is -0.846. The lowest BCUT2D eigenvalue weighted by Gasteiger charge is -2.42. The summed E-state index contributed by atoms with van der Waals surface area (Å²) in [6, 6.07) is -1.86. The van der Waals surface area contributed by atoms with Crippen LogP contribution in [-0.4, -0.2) is 69.7 Å². The number of amides is 2. The van der Waals surface area contributed by atoms with Crippen molar-refractivity contribution in [3.8, 4) is 0 Å². The average Bonchev–Trinajstić information content (AvgIpc) is 2.78. The third-order valence-electron chi connectivity index (χ3n) is 4.20. The van der Waals surface area contributed by atoms with Gasteiger partial charge in [-0.3, -0.25) is 9.59 Å². The van der Waals surface area contributed by atoms with Crippen molar-refractivity contribution in [3.63, 3.8) is 0 Å². The second-order valence-corrected chi connectivity index (χ2v) is 5.17. The van der Waals surface area contributed by atoms with Gasteiger partial charge in [-0.25, -0.2) is 0 Å². The van der Waals surface area contributed by atoms with Crippen molar-refractivity contribution >= 4 is 11.8 Å². The summed E-state index contributed by atoms with van der Waals surface area (Å²) in [6.45, 7) is -0.401. The number of rotatable bonds is 1. The van der Waals surface area contributed by atoms with E-state index < -0.39 is 30.8 Å². The predicted molar refractivity (Wildman–Crippen MR) is 65.9 cm³/mol. The molecule has 2 fully saturated rings. The maximum absolute atomic E-state index is 12.4. The van der Waals surface area contributed by atoms with Gasteiger partial charge in [-0.1, -0.05) is 18.2 Å². The number of piperazine rings is 1. The molecule has 2 amide bonds. The molecule has 2 heterocycles. The van der Waals surface area contributed by atoms with Gasteiger partial charge in [0.1, 0.15) is 12.1 Å². The van der Waals surface area contributed by atoms with E-state index in [1.165, 1.54) is 16.8 Å². The topological polar surface area (TPSA) is 81.1 Å². The summed E-state index contributed by atoms with van der Waals surface area (Å²) < 4.78 is 0. The number of carbonyl (C=O) groups excluding carboxylic acids is 2. The second kappa shape index (κ2) is 4.18. The van der Waals surface area contributed by atoms with Crippen LogP contribution in [0.2, 0.25) is 0 Å².